The Morgan fingerprint density at radius 1 is 1.18 bits per heavy atom. The minimum atomic E-state index is -0.173. The van der Waals surface area contributed by atoms with Crippen LogP contribution in [0.25, 0.3) is 0 Å². The van der Waals surface area contributed by atoms with E-state index in [0.29, 0.717) is 19.6 Å². The first-order valence-corrected chi connectivity index (χ1v) is 7.44. The maximum absolute atomic E-state index is 11.8. The summed E-state index contributed by atoms with van der Waals surface area (Å²) in [6, 6.07) is 13.7. The molecular weight excluding hydrogens is 276 g/mol. The number of rotatable bonds is 7. The van der Waals surface area contributed by atoms with Gasteiger partial charge in [-0.1, -0.05) is 36.4 Å². The molecule has 0 aliphatic carbocycles. The quantitative estimate of drug-likeness (QED) is 0.737. The van der Waals surface area contributed by atoms with Gasteiger partial charge in [-0.2, -0.15) is 0 Å². The van der Waals surface area contributed by atoms with Crippen LogP contribution >= 0.6 is 0 Å². The molecule has 0 radical (unpaired) electrons. The third-order valence-electron chi connectivity index (χ3n) is 3.48. The number of hydrogen-bond donors (Lipinski definition) is 0. The third-order valence-corrected chi connectivity index (χ3v) is 3.48. The lowest BCUT2D eigenvalue weighted by Gasteiger charge is -2.16. The van der Waals surface area contributed by atoms with Crippen LogP contribution in [0.2, 0.25) is 0 Å². The highest BCUT2D eigenvalue weighted by atomic mass is 16.5. The Kier molecular flexibility index (Phi) is 6.10. The van der Waals surface area contributed by atoms with Crippen LogP contribution in [0.5, 0.6) is 0 Å². The number of ether oxygens (including phenoxy) is 1. The molecule has 22 heavy (non-hydrogen) atoms. The molecule has 0 spiro atoms. The summed E-state index contributed by atoms with van der Waals surface area (Å²) in [6.45, 7) is 3.77. The molecule has 0 fully saturated rings. The monoisotopic (exact) mass is 298 g/mol. The van der Waals surface area contributed by atoms with Crippen molar-refractivity contribution in [2.24, 2.45) is 0 Å². The van der Waals surface area contributed by atoms with Crippen molar-refractivity contribution < 1.29 is 9.53 Å². The maximum atomic E-state index is 11.8. The van der Waals surface area contributed by atoms with Gasteiger partial charge in [0, 0.05) is 19.3 Å². The number of esters is 1. The molecule has 1 aromatic heterocycles. The fourth-order valence-electron chi connectivity index (χ4n) is 2.11. The fourth-order valence-corrected chi connectivity index (χ4v) is 2.11. The summed E-state index contributed by atoms with van der Waals surface area (Å²) >= 11 is 0. The number of hydrogen-bond acceptors (Lipinski definition) is 4. The molecule has 0 atom stereocenters. The molecule has 0 unspecified atom stereocenters. The van der Waals surface area contributed by atoms with E-state index in [4.69, 9.17) is 4.74 Å². The molecule has 2 rings (SSSR count). The average Bonchev–Trinajstić information content (AvgIpc) is 2.54. The second kappa shape index (κ2) is 8.29. The van der Waals surface area contributed by atoms with Crippen LogP contribution < -0.4 is 0 Å². The maximum Gasteiger partial charge on any atom is 0.307 e. The van der Waals surface area contributed by atoms with Crippen molar-refractivity contribution in [3.05, 3.63) is 65.5 Å². The van der Waals surface area contributed by atoms with Gasteiger partial charge in [0.05, 0.1) is 12.1 Å². The molecule has 1 aromatic carbocycles. The Morgan fingerprint density at radius 2 is 1.95 bits per heavy atom. The van der Waals surface area contributed by atoms with E-state index >= 15 is 0 Å². The lowest BCUT2D eigenvalue weighted by Crippen LogP contribution is -2.23. The molecule has 1 heterocycles. The zero-order valence-corrected chi connectivity index (χ0v) is 13.2. The van der Waals surface area contributed by atoms with Crippen molar-refractivity contribution >= 4 is 5.97 Å². The number of pyridine rings is 1. The van der Waals surface area contributed by atoms with Gasteiger partial charge < -0.3 is 4.74 Å². The van der Waals surface area contributed by atoms with E-state index < -0.39 is 0 Å². The Bertz CT molecular complexity index is 599. The summed E-state index contributed by atoms with van der Waals surface area (Å²) in [6.07, 6.45) is 2.18. The Balaban J connectivity index is 1.71. The SMILES string of the molecule is Cc1cccnc1CN(C)CCC(=O)OCc1ccccc1. The molecule has 116 valence electrons. The summed E-state index contributed by atoms with van der Waals surface area (Å²) < 4.78 is 5.27. The Labute approximate surface area is 131 Å². The summed E-state index contributed by atoms with van der Waals surface area (Å²) in [4.78, 5) is 18.2. The normalized spacial score (nSPS) is 10.7. The van der Waals surface area contributed by atoms with Gasteiger partial charge in [-0.25, -0.2) is 0 Å². The predicted molar refractivity (Wildman–Crippen MR) is 86.2 cm³/mol. The molecule has 0 bridgehead atoms. The van der Waals surface area contributed by atoms with Crippen LogP contribution in [-0.2, 0) is 22.7 Å². The van der Waals surface area contributed by atoms with E-state index in [1.54, 1.807) is 6.20 Å². The van der Waals surface area contributed by atoms with Crippen molar-refractivity contribution in [2.75, 3.05) is 13.6 Å². The van der Waals surface area contributed by atoms with Gasteiger partial charge in [0.25, 0.3) is 0 Å². The van der Waals surface area contributed by atoms with Crippen LogP contribution in [-0.4, -0.2) is 29.4 Å². The van der Waals surface area contributed by atoms with Gasteiger partial charge in [0.2, 0.25) is 0 Å². The smallest absolute Gasteiger partial charge is 0.307 e. The molecule has 0 saturated heterocycles. The topological polar surface area (TPSA) is 42.4 Å². The van der Waals surface area contributed by atoms with E-state index in [2.05, 4.69) is 9.88 Å². The van der Waals surface area contributed by atoms with Crippen molar-refractivity contribution in [1.29, 1.82) is 0 Å². The zero-order valence-electron chi connectivity index (χ0n) is 13.2. The van der Waals surface area contributed by atoms with Crippen LogP contribution in [0.4, 0.5) is 0 Å². The standard InChI is InChI=1S/C18H22N2O2/c1-15-7-6-11-19-17(15)13-20(2)12-10-18(21)22-14-16-8-4-3-5-9-16/h3-9,11H,10,12-14H2,1-2H3. The summed E-state index contributed by atoms with van der Waals surface area (Å²) in [5.41, 5.74) is 3.22. The molecule has 0 N–H and O–H groups in total. The minimum absolute atomic E-state index is 0.173. The minimum Gasteiger partial charge on any atom is -0.461 e. The number of carbonyl (C=O) groups excluding carboxylic acids is 1. The lowest BCUT2D eigenvalue weighted by molar-refractivity contribution is -0.145. The van der Waals surface area contributed by atoms with Crippen molar-refractivity contribution in [1.82, 2.24) is 9.88 Å². The molecular formula is C18H22N2O2. The van der Waals surface area contributed by atoms with Gasteiger partial charge in [-0.05, 0) is 31.2 Å². The van der Waals surface area contributed by atoms with Crippen molar-refractivity contribution in [2.45, 2.75) is 26.5 Å². The van der Waals surface area contributed by atoms with Gasteiger partial charge >= 0.3 is 5.97 Å². The second-order valence-corrected chi connectivity index (χ2v) is 5.40. The highest BCUT2D eigenvalue weighted by Gasteiger charge is 2.08. The Morgan fingerprint density at radius 3 is 2.68 bits per heavy atom. The highest BCUT2D eigenvalue weighted by molar-refractivity contribution is 5.69. The summed E-state index contributed by atoms with van der Waals surface area (Å²) in [5, 5.41) is 0. The number of aromatic nitrogens is 1. The highest BCUT2D eigenvalue weighted by Crippen LogP contribution is 2.07. The van der Waals surface area contributed by atoms with E-state index in [-0.39, 0.29) is 5.97 Å². The number of aryl methyl sites for hydroxylation is 1. The first kappa shape index (κ1) is 16.2. The largest absolute Gasteiger partial charge is 0.461 e. The van der Waals surface area contributed by atoms with Gasteiger partial charge in [-0.3, -0.25) is 14.7 Å². The van der Waals surface area contributed by atoms with E-state index in [1.165, 1.54) is 5.56 Å². The van der Waals surface area contributed by atoms with Crippen LogP contribution in [0.15, 0.2) is 48.7 Å². The molecule has 2 aromatic rings. The van der Waals surface area contributed by atoms with Gasteiger partial charge in [0.15, 0.2) is 0 Å². The van der Waals surface area contributed by atoms with E-state index in [0.717, 1.165) is 17.8 Å². The van der Waals surface area contributed by atoms with E-state index in [1.807, 2.05) is 56.4 Å². The van der Waals surface area contributed by atoms with Crippen molar-refractivity contribution in [3.8, 4) is 0 Å². The number of carbonyl (C=O) groups is 1. The zero-order chi connectivity index (χ0) is 15.8. The first-order chi connectivity index (χ1) is 10.6. The fraction of sp³-hybridized carbons (Fsp3) is 0.333. The van der Waals surface area contributed by atoms with Crippen LogP contribution in [0.3, 0.4) is 0 Å². The first-order valence-electron chi connectivity index (χ1n) is 7.44. The molecule has 0 amide bonds. The van der Waals surface area contributed by atoms with Gasteiger partial charge in [0.1, 0.15) is 6.61 Å². The number of benzene rings is 1. The predicted octanol–water partition coefficient (Wildman–Crippen LogP) is 2.96. The summed E-state index contributed by atoms with van der Waals surface area (Å²) in [5.74, 6) is -0.173. The molecule has 0 aliphatic heterocycles. The van der Waals surface area contributed by atoms with Crippen LogP contribution in [0, 0.1) is 6.92 Å². The number of nitrogens with zero attached hydrogens (tertiary/aromatic N) is 2. The van der Waals surface area contributed by atoms with Gasteiger partial charge in [-0.15, -0.1) is 0 Å². The Hall–Kier alpha value is -2.20. The second-order valence-electron chi connectivity index (χ2n) is 5.40. The van der Waals surface area contributed by atoms with E-state index in [9.17, 15) is 4.79 Å². The van der Waals surface area contributed by atoms with Crippen LogP contribution in [0.1, 0.15) is 23.2 Å². The lowest BCUT2D eigenvalue weighted by atomic mass is 10.2. The molecule has 0 saturated carbocycles. The molecule has 4 heteroatoms. The average molecular weight is 298 g/mol. The molecule has 0 aliphatic rings. The molecule has 4 nitrogen and oxygen atoms in total. The third kappa shape index (κ3) is 5.30. The van der Waals surface area contributed by atoms with Crippen molar-refractivity contribution in [3.63, 3.8) is 0 Å². The summed E-state index contributed by atoms with van der Waals surface area (Å²) in [7, 11) is 1.98.